The van der Waals surface area contributed by atoms with Crippen molar-refractivity contribution < 1.29 is 89.4 Å². The number of phenolic OH excluding ortho intramolecular Hbond substituents is 1. The number of hydrogen-bond donors (Lipinski definition) is 17. The Morgan fingerprint density at radius 1 is 0.728 bits per heavy atom. The first-order valence-corrected chi connectivity index (χ1v) is 28.1. The second-order valence-electron chi connectivity index (χ2n) is 21.9. The van der Waals surface area contributed by atoms with E-state index in [0.29, 0.717) is 31.0 Å². The van der Waals surface area contributed by atoms with Crippen LogP contribution in [0.3, 0.4) is 0 Å². The van der Waals surface area contributed by atoms with Gasteiger partial charge in [0.05, 0.1) is 36.6 Å². The molecule has 7 amide bonds. The molecule has 0 radical (unpaired) electrons. The number of fused-ring (bicyclic) bond motifs is 2. The molecule has 18 atom stereocenters. The summed E-state index contributed by atoms with van der Waals surface area (Å²) < 4.78 is 0. The van der Waals surface area contributed by atoms with Gasteiger partial charge in [-0.05, 0) is 75.6 Å². The molecule has 0 spiro atoms. The van der Waals surface area contributed by atoms with Crippen LogP contribution >= 0.6 is 0 Å². The number of hydrogen-bond acceptors (Lipinski definition) is 20. The van der Waals surface area contributed by atoms with Gasteiger partial charge in [-0.1, -0.05) is 77.8 Å². The summed E-state index contributed by atoms with van der Waals surface area (Å²) in [5.74, 6) is -6.88. The van der Waals surface area contributed by atoms with E-state index < -0.39 is 158 Å². The normalized spacial score (nSPS) is 28.3. The average molecular weight is 1150 g/mol. The average Bonchev–Trinajstić information content (AvgIpc) is 4.21. The molecule has 1 aromatic carbocycles. The molecule has 3 aliphatic rings. The van der Waals surface area contributed by atoms with Gasteiger partial charge in [0.25, 0.3) is 0 Å². The highest BCUT2D eigenvalue weighted by molar-refractivity contribution is 5.98. The van der Waals surface area contributed by atoms with Gasteiger partial charge in [-0.2, -0.15) is 0 Å². The number of rotatable bonds is 22. The monoisotopic (exact) mass is 1150 g/mol. The lowest BCUT2D eigenvalue weighted by molar-refractivity contribution is -0.149. The molecule has 4 rings (SSSR count). The molecule has 3 heterocycles. The third-order valence-electron chi connectivity index (χ3n) is 15.1. The van der Waals surface area contributed by atoms with Crippen LogP contribution in [-0.2, 0) is 38.4 Å². The first-order valence-electron chi connectivity index (χ1n) is 28.1. The fraction of sp³-hybridized carbons (Fsp3) is 0.741. The van der Waals surface area contributed by atoms with Crippen LogP contribution in [-0.4, -0.2) is 219 Å². The number of carbonyl (C=O) groups is 8. The number of nitrogens with one attached hydrogen (secondary N) is 5. The molecule has 3 saturated heterocycles. The van der Waals surface area contributed by atoms with Gasteiger partial charge < -0.3 is 104 Å². The zero-order valence-electron chi connectivity index (χ0n) is 47.1. The van der Waals surface area contributed by atoms with Gasteiger partial charge in [0.15, 0.2) is 6.23 Å². The van der Waals surface area contributed by atoms with Crippen LogP contribution in [0.25, 0.3) is 0 Å². The van der Waals surface area contributed by atoms with E-state index in [0.717, 1.165) is 67.4 Å². The van der Waals surface area contributed by atoms with Gasteiger partial charge in [0.1, 0.15) is 66.6 Å². The largest absolute Gasteiger partial charge is 0.508 e. The Balaban J connectivity index is 0.00000230. The van der Waals surface area contributed by atoms with E-state index in [-0.39, 0.29) is 43.7 Å². The van der Waals surface area contributed by atoms with Crippen molar-refractivity contribution in [3.05, 3.63) is 29.8 Å². The van der Waals surface area contributed by atoms with E-state index in [2.05, 4.69) is 47.4 Å². The quantitative estimate of drug-likeness (QED) is 0.0389. The lowest BCUT2D eigenvalue weighted by Crippen LogP contribution is -2.64. The third kappa shape index (κ3) is 21.4. The Hall–Kier alpha value is -5.46. The number of carbonyl (C=O) groups excluding carboxylic acids is 8. The zero-order valence-corrected chi connectivity index (χ0v) is 47.1. The van der Waals surface area contributed by atoms with Crippen LogP contribution in [0.2, 0.25) is 0 Å². The maximum Gasteiger partial charge on any atom is 0.248 e. The Morgan fingerprint density at radius 2 is 1.32 bits per heavy atom. The molecule has 0 saturated carbocycles. The van der Waals surface area contributed by atoms with Crippen molar-refractivity contribution in [1.82, 2.24) is 36.4 Å². The fourth-order valence-corrected chi connectivity index (χ4v) is 9.92. The van der Waals surface area contributed by atoms with Gasteiger partial charge in [0.2, 0.25) is 41.4 Å². The predicted octanol–water partition coefficient (Wildman–Crippen LogP) is -3.97. The van der Waals surface area contributed by atoms with Crippen LogP contribution in [0, 0.1) is 11.8 Å². The van der Waals surface area contributed by atoms with Crippen molar-refractivity contribution in [2.24, 2.45) is 23.3 Å². The first kappa shape index (κ1) is 69.8. The van der Waals surface area contributed by atoms with Crippen LogP contribution in [0.1, 0.15) is 136 Å². The highest BCUT2D eigenvalue weighted by Gasteiger charge is 2.49. The number of unbranched alkanes of at least 4 members (excludes halogenated alkanes) is 5. The Bertz CT molecular complexity index is 2180. The van der Waals surface area contributed by atoms with Gasteiger partial charge in [-0.25, -0.2) is 0 Å². The summed E-state index contributed by atoms with van der Waals surface area (Å²) in [5.41, 5.74) is 10.6. The summed E-state index contributed by atoms with van der Waals surface area (Å²) in [4.78, 5) is 110. The van der Waals surface area contributed by atoms with Crippen molar-refractivity contribution in [3.8, 4) is 5.75 Å². The molecule has 0 bridgehead atoms. The van der Waals surface area contributed by atoms with E-state index >= 15 is 0 Å². The van der Waals surface area contributed by atoms with E-state index in [4.69, 9.17) is 16.6 Å². The summed E-state index contributed by atoms with van der Waals surface area (Å²) in [6.07, 6.45) is -8.72. The molecule has 460 valence electrons. The van der Waals surface area contributed by atoms with Crippen molar-refractivity contribution >= 4 is 47.6 Å². The molecule has 81 heavy (non-hydrogen) atoms. The summed E-state index contributed by atoms with van der Waals surface area (Å²) >= 11 is 0. The fourth-order valence-electron chi connectivity index (χ4n) is 9.92. The molecule has 18 unspecified atom stereocenters. The van der Waals surface area contributed by atoms with Crippen LogP contribution in [0.4, 0.5) is 0 Å². The molecule has 27 nitrogen and oxygen atoms in total. The molecular weight excluding hydrogens is 1060 g/mol. The SMILES string of the molecule is CC(O)C(N)C=O.CCC(C)CC(C)CCCCCCCCC(=O)NC1CC(O)C(O)NC(=O)C2C(O)CCN2C(=O)C(C(O)CCN)NC(=O)C(C(O)C(O)c2ccc(O)cc2)NC(=O)C2CC(O)CN2C(=O)C(C(C)O)NC1=O. The molecular formula is C54H91N9O18. The number of aliphatic hydroxyl groups is 9. The second kappa shape index (κ2) is 34.2. The van der Waals surface area contributed by atoms with Gasteiger partial charge in [-0.15, -0.1) is 0 Å². The zero-order chi connectivity index (χ0) is 60.8. The number of aromatic hydroxyl groups is 1. The standard InChI is InChI=1S/C50H82N8O16.C4H9NO2/c1-5-26(2)22-27(3)12-10-8-6-7-9-11-13-37(65)52-32-24-36(64)46(70)56-48(72)41-35(63)19-21-57(41)50(74)39(34(62)18-20-51)54-47(71)40(43(67)42(66)29-14-16-30(60)17-15-29)55-45(69)33-23-31(61)25-58(33)49(73)38(28(4)59)53-44(32)68;1-3(7)4(5)2-6/h14-17,26-28,31-36,38-43,46,59-64,66-67,70H,5-13,18-25,51H2,1-4H3,(H,52,65)(H,53,68)(H,54,71)(H,55,69)(H,56,72);2-4,7H,5H2,1H3. The Kier molecular flexibility index (Phi) is 29.5. The lowest BCUT2D eigenvalue weighted by Gasteiger charge is -2.34. The van der Waals surface area contributed by atoms with Crippen molar-refractivity contribution in [2.45, 2.75) is 222 Å². The smallest absolute Gasteiger partial charge is 0.248 e. The first-order chi connectivity index (χ1) is 38.2. The summed E-state index contributed by atoms with van der Waals surface area (Å²) in [6, 6.07) is -7.43. The number of nitrogens with zero attached hydrogens (tertiary/aromatic N) is 2. The number of phenols is 1. The number of aliphatic hydroxyl groups excluding tert-OH is 9. The maximum atomic E-state index is 14.4. The molecule has 19 N–H and O–H groups in total. The van der Waals surface area contributed by atoms with E-state index in [1.54, 1.807) is 0 Å². The summed E-state index contributed by atoms with van der Waals surface area (Å²) in [5, 5.41) is 119. The second-order valence-corrected chi connectivity index (χ2v) is 21.9. The van der Waals surface area contributed by atoms with Crippen molar-refractivity contribution in [3.63, 3.8) is 0 Å². The van der Waals surface area contributed by atoms with Crippen LogP contribution in [0.15, 0.2) is 24.3 Å². The van der Waals surface area contributed by atoms with Gasteiger partial charge in [-0.3, -0.25) is 33.6 Å². The summed E-state index contributed by atoms with van der Waals surface area (Å²) in [7, 11) is 0. The van der Waals surface area contributed by atoms with Crippen molar-refractivity contribution in [2.75, 3.05) is 19.6 Å². The molecule has 0 aliphatic carbocycles. The minimum absolute atomic E-state index is 0.0598. The molecule has 1 aromatic rings. The molecule has 3 aliphatic heterocycles. The minimum Gasteiger partial charge on any atom is -0.508 e. The molecule has 27 heteroatoms. The number of benzene rings is 1. The lowest BCUT2D eigenvalue weighted by atomic mass is 9.91. The number of aldehydes is 1. The molecule has 0 aromatic heterocycles. The topological polar surface area (TPSA) is 458 Å². The van der Waals surface area contributed by atoms with Crippen molar-refractivity contribution in [1.29, 1.82) is 0 Å². The van der Waals surface area contributed by atoms with E-state index in [1.807, 2.05) is 0 Å². The summed E-state index contributed by atoms with van der Waals surface area (Å²) in [6.45, 7) is 8.14. The molecule has 3 fully saturated rings. The number of nitrogens with two attached hydrogens (primary N) is 2. The number of amides is 7. The predicted molar refractivity (Wildman–Crippen MR) is 291 cm³/mol. The highest BCUT2D eigenvalue weighted by Crippen LogP contribution is 2.27. The Morgan fingerprint density at radius 3 is 1.90 bits per heavy atom. The Labute approximate surface area is 472 Å². The third-order valence-corrected chi connectivity index (χ3v) is 15.1. The van der Waals surface area contributed by atoms with Crippen LogP contribution < -0.4 is 38.1 Å². The van der Waals surface area contributed by atoms with Crippen LogP contribution in [0.5, 0.6) is 5.75 Å². The highest BCUT2D eigenvalue weighted by atomic mass is 16.3. The van der Waals surface area contributed by atoms with E-state index in [9.17, 15) is 84.3 Å². The minimum atomic E-state index is -2.29. The van der Waals surface area contributed by atoms with E-state index in [1.165, 1.54) is 25.5 Å². The maximum absolute atomic E-state index is 14.4. The van der Waals surface area contributed by atoms with Gasteiger partial charge in [0, 0.05) is 32.4 Å². The van der Waals surface area contributed by atoms with Gasteiger partial charge >= 0.3 is 0 Å².